The third-order valence-electron chi connectivity index (χ3n) is 3.18. The first kappa shape index (κ1) is 20.4. The molecule has 0 amide bonds. The minimum absolute atomic E-state index is 0.121. The van der Waals surface area contributed by atoms with Crippen molar-refractivity contribution in [3.63, 3.8) is 0 Å². The minimum Gasteiger partial charge on any atom is -0.465 e. The van der Waals surface area contributed by atoms with Gasteiger partial charge in [-0.2, -0.15) is 0 Å². The van der Waals surface area contributed by atoms with Gasteiger partial charge in [-0.25, -0.2) is 0 Å². The number of rotatable bonds is 15. The van der Waals surface area contributed by atoms with Gasteiger partial charge in [-0.1, -0.05) is 37.8 Å². The summed E-state index contributed by atoms with van der Waals surface area (Å²) in [4.78, 5) is 22.6. The van der Waals surface area contributed by atoms with Gasteiger partial charge in [0.05, 0.1) is 13.2 Å². The summed E-state index contributed by atoms with van der Waals surface area (Å²) >= 11 is 0. The molecule has 0 saturated carbocycles. The first-order valence-corrected chi connectivity index (χ1v) is 8.23. The SMILES string of the molecule is C=CCCOC(=O)CCCCCCCCC(=O)OCCC=C. The van der Waals surface area contributed by atoms with Crippen LogP contribution in [0.15, 0.2) is 25.3 Å². The van der Waals surface area contributed by atoms with Gasteiger partial charge < -0.3 is 9.47 Å². The van der Waals surface area contributed by atoms with Crippen LogP contribution in [0.1, 0.15) is 64.2 Å². The van der Waals surface area contributed by atoms with Gasteiger partial charge in [-0.15, -0.1) is 13.2 Å². The van der Waals surface area contributed by atoms with Crippen molar-refractivity contribution in [3.8, 4) is 0 Å². The van der Waals surface area contributed by atoms with E-state index in [4.69, 9.17) is 9.47 Å². The van der Waals surface area contributed by atoms with E-state index in [1.807, 2.05) is 0 Å². The molecule has 126 valence electrons. The number of carbonyl (C=O) groups excluding carboxylic acids is 2. The van der Waals surface area contributed by atoms with Crippen molar-refractivity contribution >= 4 is 11.9 Å². The Bertz CT molecular complexity index is 291. The van der Waals surface area contributed by atoms with E-state index in [0.717, 1.165) is 38.5 Å². The van der Waals surface area contributed by atoms with E-state index in [1.165, 1.54) is 0 Å². The Labute approximate surface area is 134 Å². The second-order valence-corrected chi connectivity index (χ2v) is 5.22. The molecule has 0 aliphatic heterocycles. The van der Waals surface area contributed by atoms with Gasteiger partial charge in [0.25, 0.3) is 0 Å². The van der Waals surface area contributed by atoms with Crippen molar-refractivity contribution in [3.05, 3.63) is 25.3 Å². The van der Waals surface area contributed by atoms with Crippen LogP contribution in [0.5, 0.6) is 0 Å². The second-order valence-electron chi connectivity index (χ2n) is 5.22. The molecule has 0 N–H and O–H groups in total. The van der Waals surface area contributed by atoms with E-state index in [2.05, 4.69) is 13.2 Å². The van der Waals surface area contributed by atoms with E-state index >= 15 is 0 Å². The van der Waals surface area contributed by atoms with E-state index in [9.17, 15) is 9.59 Å². The summed E-state index contributed by atoms with van der Waals surface area (Å²) in [5.74, 6) is -0.242. The van der Waals surface area contributed by atoms with Gasteiger partial charge in [0.15, 0.2) is 0 Å². The number of unbranched alkanes of at least 4 members (excludes halogenated alkanes) is 5. The lowest BCUT2D eigenvalue weighted by Gasteiger charge is -2.04. The molecule has 4 heteroatoms. The van der Waals surface area contributed by atoms with Crippen molar-refractivity contribution in [2.45, 2.75) is 64.2 Å². The predicted molar refractivity (Wildman–Crippen MR) is 88.5 cm³/mol. The first-order chi connectivity index (χ1) is 10.7. The van der Waals surface area contributed by atoms with Crippen LogP contribution in [0, 0.1) is 0 Å². The third kappa shape index (κ3) is 14.8. The Morgan fingerprint density at radius 3 is 1.41 bits per heavy atom. The maximum Gasteiger partial charge on any atom is 0.305 e. The van der Waals surface area contributed by atoms with Gasteiger partial charge in [0, 0.05) is 12.8 Å². The molecule has 0 aromatic heterocycles. The van der Waals surface area contributed by atoms with E-state index in [1.54, 1.807) is 12.2 Å². The number of esters is 2. The van der Waals surface area contributed by atoms with Crippen LogP contribution in [-0.4, -0.2) is 25.2 Å². The highest BCUT2D eigenvalue weighted by Gasteiger charge is 2.03. The van der Waals surface area contributed by atoms with Crippen LogP contribution in [0.3, 0.4) is 0 Å². The molecule has 0 aliphatic carbocycles. The van der Waals surface area contributed by atoms with Crippen molar-refractivity contribution in [1.29, 1.82) is 0 Å². The zero-order chi connectivity index (χ0) is 16.5. The molecule has 0 atom stereocenters. The molecule has 0 fully saturated rings. The maximum atomic E-state index is 11.3. The van der Waals surface area contributed by atoms with Gasteiger partial charge >= 0.3 is 11.9 Å². The van der Waals surface area contributed by atoms with Crippen molar-refractivity contribution in [2.75, 3.05) is 13.2 Å². The fourth-order valence-electron chi connectivity index (χ4n) is 1.90. The topological polar surface area (TPSA) is 52.6 Å². The molecule has 0 saturated heterocycles. The Balaban J connectivity index is 3.26. The molecule has 0 aromatic carbocycles. The maximum absolute atomic E-state index is 11.3. The van der Waals surface area contributed by atoms with Crippen molar-refractivity contribution in [2.24, 2.45) is 0 Å². The molecular formula is C18H30O4. The highest BCUT2D eigenvalue weighted by Crippen LogP contribution is 2.09. The van der Waals surface area contributed by atoms with E-state index in [-0.39, 0.29) is 11.9 Å². The van der Waals surface area contributed by atoms with Crippen LogP contribution in [0.2, 0.25) is 0 Å². The number of hydrogen-bond acceptors (Lipinski definition) is 4. The molecule has 4 nitrogen and oxygen atoms in total. The Morgan fingerprint density at radius 2 is 1.05 bits per heavy atom. The van der Waals surface area contributed by atoms with Crippen LogP contribution in [-0.2, 0) is 19.1 Å². The number of ether oxygens (including phenoxy) is 2. The van der Waals surface area contributed by atoms with Crippen LogP contribution < -0.4 is 0 Å². The average Bonchev–Trinajstić information content (AvgIpc) is 2.50. The van der Waals surface area contributed by atoms with Crippen LogP contribution >= 0.6 is 0 Å². The molecule has 0 radical (unpaired) electrons. The molecule has 22 heavy (non-hydrogen) atoms. The van der Waals surface area contributed by atoms with Gasteiger partial charge in [-0.05, 0) is 25.7 Å². The predicted octanol–water partition coefficient (Wildman–Crippen LogP) is 4.35. The first-order valence-electron chi connectivity index (χ1n) is 8.23. The van der Waals surface area contributed by atoms with Gasteiger partial charge in [0.1, 0.15) is 0 Å². The monoisotopic (exact) mass is 310 g/mol. The summed E-state index contributed by atoms with van der Waals surface area (Å²) in [6, 6.07) is 0. The molecule has 0 spiro atoms. The van der Waals surface area contributed by atoms with Crippen LogP contribution in [0.4, 0.5) is 0 Å². The van der Waals surface area contributed by atoms with Gasteiger partial charge in [0.2, 0.25) is 0 Å². The fourth-order valence-corrected chi connectivity index (χ4v) is 1.90. The van der Waals surface area contributed by atoms with Crippen LogP contribution in [0.25, 0.3) is 0 Å². The minimum atomic E-state index is -0.121. The third-order valence-corrected chi connectivity index (χ3v) is 3.18. The normalized spacial score (nSPS) is 10.0. The highest BCUT2D eigenvalue weighted by atomic mass is 16.5. The van der Waals surface area contributed by atoms with E-state index < -0.39 is 0 Å². The quantitative estimate of drug-likeness (QED) is 0.256. The van der Waals surface area contributed by atoms with Gasteiger partial charge in [-0.3, -0.25) is 9.59 Å². The average molecular weight is 310 g/mol. The number of carbonyl (C=O) groups is 2. The van der Waals surface area contributed by atoms with Crippen molar-refractivity contribution in [1.82, 2.24) is 0 Å². The Morgan fingerprint density at radius 1 is 0.682 bits per heavy atom. The highest BCUT2D eigenvalue weighted by molar-refractivity contribution is 5.69. The lowest BCUT2D eigenvalue weighted by atomic mass is 10.1. The standard InChI is InChI=1S/C18H30O4/c1-3-5-15-21-17(19)13-11-9-7-8-10-12-14-18(20)22-16-6-4-2/h3-4H,1-2,5-16H2. The summed E-state index contributed by atoms with van der Waals surface area (Å²) in [6.45, 7) is 8.02. The number of hydrogen-bond donors (Lipinski definition) is 0. The Hall–Kier alpha value is -1.58. The lowest BCUT2D eigenvalue weighted by molar-refractivity contribution is -0.144. The second kappa shape index (κ2) is 15.8. The molecule has 0 aliphatic rings. The van der Waals surface area contributed by atoms with Crippen molar-refractivity contribution < 1.29 is 19.1 Å². The molecule has 0 rings (SSSR count). The summed E-state index contributed by atoms with van der Waals surface area (Å²) in [6.07, 6.45) is 11.9. The largest absolute Gasteiger partial charge is 0.465 e. The lowest BCUT2D eigenvalue weighted by Crippen LogP contribution is -2.05. The summed E-state index contributed by atoms with van der Waals surface area (Å²) in [5.41, 5.74) is 0. The zero-order valence-corrected chi connectivity index (χ0v) is 13.7. The smallest absolute Gasteiger partial charge is 0.305 e. The summed E-state index contributed by atoms with van der Waals surface area (Å²) < 4.78 is 10.1. The summed E-state index contributed by atoms with van der Waals surface area (Å²) in [7, 11) is 0. The molecular weight excluding hydrogens is 280 g/mol. The zero-order valence-electron chi connectivity index (χ0n) is 13.7. The van der Waals surface area contributed by atoms with E-state index in [0.29, 0.717) is 38.9 Å². The molecule has 0 bridgehead atoms. The fraction of sp³-hybridized carbons (Fsp3) is 0.667. The molecule has 0 aromatic rings. The molecule has 0 heterocycles. The molecule has 0 unspecified atom stereocenters. The summed E-state index contributed by atoms with van der Waals surface area (Å²) in [5, 5.41) is 0. The Kier molecular flexibility index (Phi) is 14.7.